The minimum Gasteiger partial charge on any atom is -0.389 e. The van der Waals surface area contributed by atoms with Crippen molar-refractivity contribution in [2.75, 3.05) is 6.54 Å². The van der Waals surface area contributed by atoms with Gasteiger partial charge in [-0.2, -0.15) is 0 Å². The lowest BCUT2D eigenvalue weighted by atomic mass is 9.55. The number of hydrogen-bond acceptors (Lipinski definition) is 2. The van der Waals surface area contributed by atoms with Crippen LogP contribution in [0.25, 0.3) is 0 Å². The Labute approximate surface area is 119 Å². The Morgan fingerprint density at radius 2 is 1.79 bits per heavy atom. The summed E-state index contributed by atoms with van der Waals surface area (Å²) in [6.45, 7) is 7.62. The summed E-state index contributed by atoms with van der Waals surface area (Å²) in [7, 11) is 0. The summed E-state index contributed by atoms with van der Waals surface area (Å²) in [6.07, 6.45) is 9.17. The van der Waals surface area contributed by atoms with Crippen molar-refractivity contribution in [2.45, 2.75) is 77.7 Å². The van der Waals surface area contributed by atoms with Gasteiger partial charge in [0.25, 0.3) is 0 Å². The van der Waals surface area contributed by atoms with E-state index in [0.29, 0.717) is 12.5 Å². The molecule has 0 aliphatic heterocycles. The zero-order valence-corrected chi connectivity index (χ0v) is 13.1. The molecule has 3 N–H and O–H groups in total. The van der Waals surface area contributed by atoms with Gasteiger partial charge in [-0.1, -0.05) is 33.6 Å². The fraction of sp³-hybridized carbons (Fsp3) is 1.00. The van der Waals surface area contributed by atoms with E-state index >= 15 is 0 Å². The van der Waals surface area contributed by atoms with Crippen LogP contribution in [0.5, 0.6) is 0 Å². The first-order valence-electron chi connectivity index (χ1n) is 8.35. The van der Waals surface area contributed by atoms with Gasteiger partial charge in [0, 0.05) is 12.0 Å². The summed E-state index contributed by atoms with van der Waals surface area (Å²) in [6, 6.07) is 0. The van der Waals surface area contributed by atoms with Gasteiger partial charge < -0.3 is 10.8 Å². The van der Waals surface area contributed by atoms with Crippen LogP contribution < -0.4 is 5.73 Å². The molecule has 2 nitrogen and oxygen atoms in total. The van der Waals surface area contributed by atoms with Crippen LogP contribution in [-0.4, -0.2) is 17.3 Å². The minimum atomic E-state index is -0.485. The molecule has 0 bridgehead atoms. The first kappa shape index (κ1) is 15.3. The third-order valence-electron chi connectivity index (χ3n) is 6.28. The van der Waals surface area contributed by atoms with Gasteiger partial charge >= 0.3 is 0 Å². The summed E-state index contributed by atoms with van der Waals surface area (Å²) in [5, 5.41) is 11.3. The second kappa shape index (κ2) is 5.73. The molecule has 19 heavy (non-hydrogen) atoms. The highest BCUT2D eigenvalue weighted by molar-refractivity contribution is 5.04. The maximum absolute atomic E-state index is 11.3. The van der Waals surface area contributed by atoms with Crippen LogP contribution in [0.15, 0.2) is 0 Å². The lowest BCUT2D eigenvalue weighted by molar-refractivity contribution is -0.137. The Morgan fingerprint density at radius 3 is 2.26 bits per heavy atom. The van der Waals surface area contributed by atoms with E-state index < -0.39 is 5.60 Å². The highest BCUT2D eigenvalue weighted by atomic mass is 16.3. The van der Waals surface area contributed by atoms with Crippen LogP contribution >= 0.6 is 0 Å². The predicted molar refractivity (Wildman–Crippen MR) is 80.9 cm³/mol. The Balaban J connectivity index is 2.11. The maximum atomic E-state index is 11.3. The Kier molecular flexibility index (Phi) is 4.62. The number of aliphatic hydroxyl groups is 1. The Morgan fingerprint density at radius 1 is 1.16 bits per heavy atom. The van der Waals surface area contributed by atoms with Gasteiger partial charge in [-0.15, -0.1) is 0 Å². The summed E-state index contributed by atoms with van der Waals surface area (Å²) < 4.78 is 0. The highest BCUT2D eigenvalue weighted by Crippen LogP contribution is 2.53. The molecule has 0 saturated heterocycles. The topological polar surface area (TPSA) is 46.2 Å². The van der Waals surface area contributed by atoms with Crippen LogP contribution in [0.2, 0.25) is 0 Å². The zero-order chi connectivity index (χ0) is 14.1. The molecule has 0 amide bonds. The van der Waals surface area contributed by atoms with E-state index in [0.717, 1.165) is 37.5 Å². The molecule has 2 atom stereocenters. The molecule has 0 spiro atoms. The van der Waals surface area contributed by atoms with Crippen molar-refractivity contribution in [3.05, 3.63) is 0 Å². The van der Waals surface area contributed by atoms with E-state index in [1.165, 1.54) is 25.7 Å². The molecule has 0 radical (unpaired) electrons. The van der Waals surface area contributed by atoms with Crippen molar-refractivity contribution >= 4 is 0 Å². The Hall–Kier alpha value is -0.0800. The van der Waals surface area contributed by atoms with Crippen LogP contribution in [-0.2, 0) is 0 Å². The van der Waals surface area contributed by atoms with Gasteiger partial charge in [0.05, 0.1) is 5.60 Å². The van der Waals surface area contributed by atoms with E-state index in [-0.39, 0.29) is 5.41 Å². The monoisotopic (exact) mass is 267 g/mol. The maximum Gasteiger partial charge on any atom is 0.0718 e. The molecule has 0 heterocycles. The second-order valence-corrected chi connectivity index (χ2v) is 7.80. The molecule has 2 fully saturated rings. The van der Waals surface area contributed by atoms with E-state index in [4.69, 9.17) is 5.73 Å². The van der Waals surface area contributed by atoms with Crippen LogP contribution in [0.4, 0.5) is 0 Å². The SMILES string of the molecule is CC1CCCC(O)(C2(CN)CCC(C(C)C)CC2)C1. The molecule has 2 saturated carbocycles. The number of hydrogen-bond donors (Lipinski definition) is 2. The highest BCUT2D eigenvalue weighted by Gasteiger charge is 2.51. The third-order valence-corrected chi connectivity index (χ3v) is 6.28. The average Bonchev–Trinajstić information content (AvgIpc) is 2.38. The van der Waals surface area contributed by atoms with Gasteiger partial charge in [-0.25, -0.2) is 0 Å². The molecule has 0 aromatic heterocycles. The predicted octanol–water partition coefficient (Wildman–Crippen LogP) is 3.72. The number of nitrogens with two attached hydrogens (primary N) is 1. The lowest BCUT2D eigenvalue weighted by Gasteiger charge is -2.53. The Bertz CT molecular complexity index is 294. The standard InChI is InChI=1S/C17H33NO/c1-13(2)15-6-9-16(12-18,10-7-15)17(19)8-4-5-14(3)11-17/h13-15,19H,4-12,18H2,1-3H3. The van der Waals surface area contributed by atoms with Gasteiger partial charge in [-0.3, -0.25) is 0 Å². The molecule has 2 aliphatic rings. The summed E-state index contributed by atoms with van der Waals surface area (Å²) >= 11 is 0. The molecule has 0 aromatic rings. The largest absolute Gasteiger partial charge is 0.389 e. The molecule has 0 aromatic carbocycles. The zero-order valence-electron chi connectivity index (χ0n) is 13.1. The van der Waals surface area contributed by atoms with Crippen molar-refractivity contribution in [3.8, 4) is 0 Å². The molecule has 2 aliphatic carbocycles. The molecule has 112 valence electrons. The first-order valence-corrected chi connectivity index (χ1v) is 8.35. The fourth-order valence-corrected chi connectivity index (χ4v) is 4.72. The normalized spacial score (nSPS) is 44.5. The van der Waals surface area contributed by atoms with E-state index in [1.807, 2.05) is 0 Å². The quantitative estimate of drug-likeness (QED) is 0.818. The molecule has 2 rings (SSSR count). The van der Waals surface area contributed by atoms with Crippen LogP contribution in [0.3, 0.4) is 0 Å². The smallest absolute Gasteiger partial charge is 0.0718 e. The summed E-state index contributed by atoms with van der Waals surface area (Å²) in [4.78, 5) is 0. The molecule has 2 unspecified atom stereocenters. The van der Waals surface area contributed by atoms with Crippen LogP contribution in [0, 0.1) is 23.2 Å². The van der Waals surface area contributed by atoms with Crippen molar-refractivity contribution in [1.29, 1.82) is 0 Å². The summed E-state index contributed by atoms with van der Waals surface area (Å²) in [5.41, 5.74) is 5.68. The fourth-order valence-electron chi connectivity index (χ4n) is 4.72. The van der Waals surface area contributed by atoms with Crippen LogP contribution in [0.1, 0.15) is 72.1 Å². The third kappa shape index (κ3) is 2.85. The van der Waals surface area contributed by atoms with E-state index in [9.17, 15) is 5.11 Å². The second-order valence-electron chi connectivity index (χ2n) is 7.80. The van der Waals surface area contributed by atoms with Crippen molar-refractivity contribution in [2.24, 2.45) is 28.9 Å². The van der Waals surface area contributed by atoms with Gasteiger partial charge in [0.2, 0.25) is 0 Å². The average molecular weight is 267 g/mol. The van der Waals surface area contributed by atoms with Crippen molar-refractivity contribution < 1.29 is 5.11 Å². The number of rotatable bonds is 3. The molecular formula is C17H33NO. The van der Waals surface area contributed by atoms with Gasteiger partial charge in [0.15, 0.2) is 0 Å². The first-order chi connectivity index (χ1) is 8.92. The minimum absolute atomic E-state index is 0.00701. The van der Waals surface area contributed by atoms with Crippen molar-refractivity contribution in [3.63, 3.8) is 0 Å². The molecular weight excluding hydrogens is 234 g/mol. The summed E-state index contributed by atoms with van der Waals surface area (Å²) in [5.74, 6) is 2.27. The molecule has 2 heteroatoms. The lowest BCUT2D eigenvalue weighted by Crippen LogP contribution is -2.56. The van der Waals surface area contributed by atoms with Gasteiger partial charge in [0.1, 0.15) is 0 Å². The van der Waals surface area contributed by atoms with E-state index in [1.54, 1.807) is 0 Å². The van der Waals surface area contributed by atoms with E-state index in [2.05, 4.69) is 20.8 Å². The van der Waals surface area contributed by atoms with Crippen molar-refractivity contribution in [1.82, 2.24) is 0 Å². The van der Waals surface area contributed by atoms with Gasteiger partial charge in [-0.05, 0) is 56.3 Å².